The Morgan fingerprint density at radius 2 is 2.13 bits per heavy atom. The molecule has 80 valence electrons. The van der Waals surface area contributed by atoms with Crippen LogP contribution < -0.4 is 5.32 Å². The van der Waals surface area contributed by atoms with E-state index in [9.17, 15) is 4.79 Å². The van der Waals surface area contributed by atoms with Crippen LogP contribution >= 0.6 is 15.9 Å². The van der Waals surface area contributed by atoms with Crippen molar-refractivity contribution < 1.29 is 9.90 Å². The first-order valence-corrected chi connectivity index (χ1v) is 5.57. The molecule has 1 saturated carbocycles. The molecule has 1 fully saturated rings. The van der Waals surface area contributed by atoms with Crippen LogP contribution in [0, 0.1) is 0 Å². The highest BCUT2D eigenvalue weighted by Gasteiger charge is 2.60. The number of carboxylic acid groups (broad SMARTS) is 1. The van der Waals surface area contributed by atoms with E-state index in [0.29, 0.717) is 6.42 Å². The second-order valence-corrected chi connectivity index (χ2v) is 4.75. The van der Waals surface area contributed by atoms with Gasteiger partial charge in [0.1, 0.15) is 5.54 Å². The van der Waals surface area contributed by atoms with E-state index >= 15 is 0 Å². The lowest BCUT2D eigenvalue weighted by Crippen LogP contribution is -2.38. The molecule has 0 amide bonds. The van der Waals surface area contributed by atoms with Gasteiger partial charge in [-0.05, 0) is 31.2 Å². The molecule has 1 aliphatic carbocycles. The van der Waals surface area contributed by atoms with Crippen molar-refractivity contribution in [1.29, 1.82) is 0 Å². The third-order valence-electron chi connectivity index (χ3n) is 3.06. The highest BCUT2D eigenvalue weighted by Crippen LogP contribution is 2.51. The van der Waals surface area contributed by atoms with Gasteiger partial charge in [-0.15, -0.1) is 0 Å². The zero-order valence-electron chi connectivity index (χ0n) is 8.33. The summed E-state index contributed by atoms with van der Waals surface area (Å²) in [4.78, 5) is 11.1. The van der Waals surface area contributed by atoms with Gasteiger partial charge in [-0.25, -0.2) is 0 Å². The number of halogens is 1. The quantitative estimate of drug-likeness (QED) is 0.883. The highest BCUT2D eigenvalue weighted by molar-refractivity contribution is 9.10. The van der Waals surface area contributed by atoms with Crippen LogP contribution in [-0.2, 0) is 4.79 Å². The fourth-order valence-corrected chi connectivity index (χ4v) is 2.24. The van der Waals surface area contributed by atoms with Gasteiger partial charge in [-0.1, -0.05) is 28.1 Å². The van der Waals surface area contributed by atoms with E-state index < -0.39 is 11.5 Å². The number of carbonyl (C=O) groups is 1. The van der Waals surface area contributed by atoms with E-state index in [0.717, 1.165) is 10.0 Å². The van der Waals surface area contributed by atoms with E-state index in [2.05, 4.69) is 21.2 Å². The molecule has 1 aromatic carbocycles. The minimum atomic E-state index is -0.766. The zero-order chi connectivity index (χ0) is 11.1. The van der Waals surface area contributed by atoms with Crippen LogP contribution in [-0.4, -0.2) is 23.7 Å². The van der Waals surface area contributed by atoms with Crippen molar-refractivity contribution in [2.45, 2.75) is 17.9 Å². The normalized spacial score (nSPS) is 28.8. The minimum Gasteiger partial charge on any atom is -0.480 e. The average molecular weight is 270 g/mol. The van der Waals surface area contributed by atoms with Gasteiger partial charge >= 0.3 is 5.97 Å². The van der Waals surface area contributed by atoms with Gasteiger partial charge in [-0.3, -0.25) is 4.79 Å². The molecule has 0 aromatic heterocycles. The van der Waals surface area contributed by atoms with E-state index in [1.165, 1.54) is 0 Å². The Morgan fingerprint density at radius 1 is 1.53 bits per heavy atom. The Kier molecular flexibility index (Phi) is 2.56. The Bertz CT molecular complexity index is 390. The maximum atomic E-state index is 11.1. The van der Waals surface area contributed by atoms with E-state index in [1.54, 1.807) is 7.05 Å². The van der Waals surface area contributed by atoms with Crippen molar-refractivity contribution in [1.82, 2.24) is 5.32 Å². The molecule has 0 spiro atoms. The molecule has 3 nitrogen and oxygen atoms in total. The molecule has 1 aromatic rings. The number of nitrogens with one attached hydrogen (secondary N) is 1. The van der Waals surface area contributed by atoms with Crippen molar-refractivity contribution in [3.8, 4) is 0 Å². The maximum Gasteiger partial charge on any atom is 0.324 e. The average Bonchev–Trinajstić information content (AvgIpc) is 2.95. The summed E-state index contributed by atoms with van der Waals surface area (Å²) >= 11 is 3.36. The van der Waals surface area contributed by atoms with Crippen LogP contribution in [0.15, 0.2) is 28.7 Å². The van der Waals surface area contributed by atoms with Gasteiger partial charge in [0.25, 0.3) is 0 Å². The second kappa shape index (κ2) is 3.61. The topological polar surface area (TPSA) is 49.3 Å². The Hall–Kier alpha value is -0.870. The summed E-state index contributed by atoms with van der Waals surface area (Å²) in [7, 11) is 1.70. The smallest absolute Gasteiger partial charge is 0.324 e. The number of hydrogen-bond donors (Lipinski definition) is 2. The van der Waals surface area contributed by atoms with E-state index in [4.69, 9.17) is 5.11 Å². The van der Waals surface area contributed by atoms with Crippen LogP contribution in [0.1, 0.15) is 17.9 Å². The largest absolute Gasteiger partial charge is 0.480 e. The fraction of sp³-hybridized carbons (Fsp3) is 0.364. The van der Waals surface area contributed by atoms with Gasteiger partial charge in [0.15, 0.2) is 0 Å². The standard InChI is InChI=1S/C11H12BrNO2/c1-13-11(10(14)15)6-9(11)7-2-4-8(12)5-3-7/h2-5,9,13H,6H2,1H3,(H,14,15). The van der Waals surface area contributed by atoms with Crippen LogP contribution in [0.3, 0.4) is 0 Å². The summed E-state index contributed by atoms with van der Waals surface area (Å²) in [6, 6.07) is 7.82. The molecule has 2 atom stereocenters. The van der Waals surface area contributed by atoms with E-state index in [-0.39, 0.29) is 5.92 Å². The molecule has 4 heteroatoms. The van der Waals surface area contributed by atoms with Gasteiger partial charge < -0.3 is 10.4 Å². The SMILES string of the molecule is CNC1(C(=O)O)CC1c1ccc(Br)cc1. The Balaban J connectivity index is 2.22. The summed E-state index contributed by atoms with van der Waals surface area (Å²) in [6.07, 6.45) is 0.667. The van der Waals surface area contributed by atoms with Crippen LogP contribution in [0.4, 0.5) is 0 Å². The molecule has 2 unspecified atom stereocenters. The number of rotatable bonds is 3. The van der Waals surface area contributed by atoms with Crippen molar-refractivity contribution >= 4 is 21.9 Å². The third kappa shape index (κ3) is 1.68. The lowest BCUT2D eigenvalue weighted by molar-refractivity contribution is -0.140. The number of aliphatic carboxylic acids is 1. The molecular formula is C11H12BrNO2. The molecule has 0 radical (unpaired) electrons. The first-order valence-electron chi connectivity index (χ1n) is 4.78. The summed E-state index contributed by atoms with van der Waals surface area (Å²) in [6.45, 7) is 0. The molecule has 0 aliphatic heterocycles. The van der Waals surface area contributed by atoms with Gasteiger partial charge in [0, 0.05) is 10.4 Å². The lowest BCUT2D eigenvalue weighted by atomic mass is 10.1. The molecular weight excluding hydrogens is 258 g/mol. The van der Waals surface area contributed by atoms with E-state index in [1.807, 2.05) is 24.3 Å². The molecule has 2 rings (SSSR count). The van der Waals surface area contributed by atoms with Crippen molar-refractivity contribution in [3.63, 3.8) is 0 Å². The molecule has 0 heterocycles. The predicted molar refractivity (Wildman–Crippen MR) is 60.9 cm³/mol. The molecule has 15 heavy (non-hydrogen) atoms. The Labute approximate surface area is 96.6 Å². The van der Waals surface area contributed by atoms with Crippen LogP contribution in [0.25, 0.3) is 0 Å². The van der Waals surface area contributed by atoms with Gasteiger partial charge in [0.2, 0.25) is 0 Å². The minimum absolute atomic E-state index is 0.0908. The third-order valence-corrected chi connectivity index (χ3v) is 3.59. The van der Waals surface area contributed by atoms with Gasteiger partial charge in [-0.2, -0.15) is 0 Å². The molecule has 2 N–H and O–H groups in total. The van der Waals surface area contributed by atoms with Crippen molar-refractivity contribution in [2.75, 3.05) is 7.05 Å². The summed E-state index contributed by atoms with van der Waals surface area (Å²) < 4.78 is 1.01. The summed E-state index contributed by atoms with van der Waals surface area (Å²) in [5.41, 5.74) is 0.336. The zero-order valence-corrected chi connectivity index (χ0v) is 9.91. The second-order valence-electron chi connectivity index (χ2n) is 3.83. The molecule has 0 saturated heterocycles. The van der Waals surface area contributed by atoms with Crippen molar-refractivity contribution in [3.05, 3.63) is 34.3 Å². The summed E-state index contributed by atoms with van der Waals surface area (Å²) in [5, 5.41) is 12.0. The van der Waals surface area contributed by atoms with Crippen LogP contribution in [0.2, 0.25) is 0 Å². The van der Waals surface area contributed by atoms with Crippen LogP contribution in [0.5, 0.6) is 0 Å². The lowest BCUT2D eigenvalue weighted by Gasteiger charge is -2.10. The first kappa shape index (κ1) is 10.6. The van der Waals surface area contributed by atoms with Crippen molar-refractivity contribution in [2.24, 2.45) is 0 Å². The number of hydrogen-bond acceptors (Lipinski definition) is 2. The molecule has 1 aliphatic rings. The monoisotopic (exact) mass is 269 g/mol. The summed E-state index contributed by atoms with van der Waals surface area (Å²) in [5.74, 6) is -0.675. The number of carboxylic acids is 1. The highest BCUT2D eigenvalue weighted by atomic mass is 79.9. The molecule has 0 bridgehead atoms. The number of benzene rings is 1. The Morgan fingerprint density at radius 3 is 2.53 bits per heavy atom. The predicted octanol–water partition coefficient (Wildman–Crippen LogP) is 1.98. The maximum absolute atomic E-state index is 11.1. The van der Waals surface area contributed by atoms with Gasteiger partial charge in [0.05, 0.1) is 0 Å². The fourth-order valence-electron chi connectivity index (χ4n) is 1.98. The first-order chi connectivity index (χ1) is 7.10. The number of likely N-dealkylation sites (N-methyl/N-ethyl adjacent to an activating group) is 1.